The van der Waals surface area contributed by atoms with Crippen molar-refractivity contribution >= 4 is 24.0 Å². The van der Waals surface area contributed by atoms with Crippen LogP contribution in [0.2, 0.25) is 0 Å². The third-order valence-corrected chi connectivity index (χ3v) is 2.96. The normalized spacial score (nSPS) is 15.9. The molecule has 0 aromatic rings. The van der Waals surface area contributed by atoms with E-state index in [0.717, 1.165) is 11.0 Å². The van der Waals surface area contributed by atoms with Crippen molar-refractivity contribution in [3.05, 3.63) is 11.6 Å². The molecule has 9 heteroatoms. The molecule has 1 rings (SSSR count). The highest BCUT2D eigenvalue weighted by molar-refractivity contribution is 6.16. The van der Waals surface area contributed by atoms with E-state index < -0.39 is 41.2 Å². The number of rotatable bonds is 4. The number of nitrogens with zero attached hydrogens (tertiary/aromatic N) is 1. The third kappa shape index (κ3) is 7.22. The molecule has 0 spiro atoms. The minimum absolute atomic E-state index is 0.0136. The number of imide groups is 2. The summed E-state index contributed by atoms with van der Waals surface area (Å²) in [4.78, 5) is 48.3. The van der Waals surface area contributed by atoms with Crippen molar-refractivity contribution in [1.82, 2.24) is 10.2 Å². The van der Waals surface area contributed by atoms with Crippen molar-refractivity contribution < 1.29 is 28.7 Å². The molecule has 26 heavy (non-hydrogen) atoms. The van der Waals surface area contributed by atoms with E-state index in [9.17, 15) is 19.2 Å². The van der Waals surface area contributed by atoms with E-state index in [1.54, 1.807) is 41.5 Å². The number of amides is 4. The van der Waals surface area contributed by atoms with E-state index >= 15 is 0 Å². The van der Waals surface area contributed by atoms with Gasteiger partial charge in [-0.15, -0.1) is 0 Å². The molecule has 1 aliphatic rings. The summed E-state index contributed by atoms with van der Waals surface area (Å²) in [5, 5.41) is 2.11. The first kappa shape index (κ1) is 21.6. The molecular weight excluding hydrogens is 342 g/mol. The maximum absolute atomic E-state index is 12.4. The molecule has 1 aliphatic heterocycles. The first-order valence-electron chi connectivity index (χ1n) is 8.23. The lowest BCUT2D eigenvalue weighted by Gasteiger charge is -2.30. The summed E-state index contributed by atoms with van der Waals surface area (Å²) in [5.41, 5.74) is 4.53. The number of ether oxygens (including phenoxy) is 2. The van der Waals surface area contributed by atoms with Crippen LogP contribution in [-0.2, 0) is 19.1 Å². The largest absolute Gasteiger partial charge is 0.443 e. The molecule has 3 N–H and O–H groups in total. The first-order valence-corrected chi connectivity index (χ1v) is 8.23. The second kappa shape index (κ2) is 7.86. The SMILES string of the molecule is CC(C)(C)OC(=O)N(CC(N)CC1=CC(=O)NC1=O)C(=O)OC(C)(C)C. The van der Waals surface area contributed by atoms with Crippen molar-refractivity contribution in [3.8, 4) is 0 Å². The number of hydrogen-bond donors (Lipinski definition) is 2. The number of nitrogens with one attached hydrogen (secondary N) is 1. The molecule has 1 unspecified atom stereocenters. The van der Waals surface area contributed by atoms with Gasteiger partial charge in [0.25, 0.3) is 11.8 Å². The lowest BCUT2D eigenvalue weighted by molar-refractivity contribution is -0.123. The van der Waals surface area contributed by atoms with E-state index in [-0.39, 0.29) is 18.5 Å². The zero-order valence-corrected chi connectivity index (χ0v) is 16.0. The second-order valence-electron chi connectivity index (χ2n) is 8.02. The number of carbonyl (C=O) groups excluding carboxylic acids is 4. The molecule has 0 aromatic heterocycles. The first-order chi connectivity index (χ1) is 11.7. The number of carbonyl (C=O) groups is 4. The van der Waals surface area contributed by atoms with Gasteiger partial charge in [0.05, 0.1) is 6.54 Å². The van der Waals surface area contributed by atoms with Crippen LogP contribution in [-0.4, -0.2) is 52.7 Å². The highest BCUT2D eigenvalue weighted by atomic mass is 16.6. The Morgan fingerprint density at radius 1 is 1.08 bits per heavy atom. The summed E-state index contributed by atoms with van der Waals surface area (Å²) >= 11 is 0. The van der Waals surface area contributed by atoms with E-state index in [1.165, 1.54) is 0 Å². The van der Waals surface area contributed by atoms with Crippen molar-refractivity contribution in [2.75, 3.05) is 6.54 Å². The van der Waals surface area contributed by atoms with Crippen LogP contribution in [0.15, 0.2) is 11.6 Å². The average Bonchev–Trinajstić information content (AvgIpc) is 2.69. The number of nitrogens with two attached hydrogens (primary N) is 1. The van der Waals surface area contributed by atoms with E-state index in [1.807, 2.05) is 0 Å². The average molecular weight is 369 g/mol. The predicted molar refractivity (Wildman–Crippen MR) is 93.0 cm³/mol. The minimum atomic E-state index is -0.900. The van der Waals surface area contributed by atoms with Crippen molar-refractivity contribution in [3.63, 3.8) is 0 Å². The molecule has 0 saturated heterocycles. The van der Waals surface area contributed by atoms with Crippen LogP contribution in [0.3, 0.4) is 0 Å². The van der Waals surface area contributed by atoms with Gasteiger partial charge in [0.1, 0.15) is 11.2 Å². The predicted octanol–water partition coefficient (Wildman–Crippen LogP) is 1.46. The Morgan fingerprint density at radius 3 is 1.88 bits per heavy atom. The number of hydrogen-bond acceptors (Lipinski definition) is 7. The molecule has 0 aliphatic carbocycles. The maximum Gasteiger partial charge on any atom is 0.419 e. The third-order valence-electron chi connectivity index (χ3n) is 2.96. The highest BCUT2D eigenvalue weighted by Crippen LogP contribution is 2.16. The zero-order valence-electron chi connectivity index (χ0n) is 16.0. The standard InChI is InChI=1S/C17H27N3O6/c1-16(2,3)25-14(23)20(15(24)26-17(4,5)6)9-11(18)7-10-8-12(21)19-13(10)22/h8,11H,7,9,18H2,1-6H3,(H,19,21,22). The molecule has 1 heterocycles. The molecule has 9 nitrogen and oxygen atoms in total. The van der Waals surface area contributed by atoms with Crippen molar-refractivity contribution in [1.29, 1.82) is 0 Å². The fourth-order valence-corrected chi connectivity index (χ4v) is 2.04. The summed E-state index contributed by atoms with van der Waals surface area (Å²) in [6.45, 7) is 9.75. The fourth-order valence-electron chi connectivity index (χ4n) is 2.04. The molecule has 0 radical (unpaired) electrons. The summed E-state index contributed by atoms with van der Waals surface area (Å²) < 4.78 is 10.5. The Hall–Kier alpha value is -2.42. The Balaban J connectivity index is 2.88. The molecule has 1 atom stereocenters. The molecule has 0 bridgehead atoms. The van der Waals surface area contributed by atoms with Gasteiger partial charge in [-0.05, 0) is 48.0 Å². The van der Waals surface area contributed by atoms with Gasteiger partial charge in [-0.25, -0.2) is 14.5 Å². The van der Waals surface area contributed by atoms with Crippen molar-refractivity contribution in [2.24, 2.45) is 5.73 Å². The summed E-state index contributed by atoms with van der Waals surface area (Å²) in [6.07, 6.45) is -0.640. The van der Waals surface area contributed by atoms with Crippen LogP contribution in [0.4, 0.5) is 9.59 Å². The Kier molecular flexibility index (Phi) is 6.54. The quantitative estimate of drug-likeness (QED) is 0.718. The van der Waals surface area contributed by atoms with E-state index in [0.29, 0.717) is 0 Å². The summed E-state index contributed by atoms with van der Waals surface area (Å²) in [5.74, 6) is -1.06. The van der Waals surface area contributed by atoms with Crippen LogP contribution >= 0.6 is 0 Å². The zero-order chi connectivity index (χ0) is 20.3. The molecule has 4 amide bonds. The lowest BCUT2D eigenvalue weighted by atomic mass is 10.1. The van der Waals surface area contributed by atoms with Crippen LogP contribution in [0.1, 0.15) is 48.0 Å². The Labute approximate surface area is 152 Å². The molecule has 0 aromatic carbocycles. The second-order valence-corrected chi connectivity index (χ2v) is 8.02. The van der Waals surface area contributed by atoms with Gasteiger partial charge in [0.15, 0.2) is 0 Å². The van der Waals surface area contributed by atoms with Gasteiger partial charge < -0.3 is 15.2 Å². The van der Waals surface area contributed by atoms with Gasteiger partial charge in [0.2, 0.25) is 0 Å². The highest BCUT2D eigenvalue weighted by Gasteiger charge is 2.33. The topological polar surface area (TPSA) is 128 Å². The molecule has 0 fully saturated rings. The molecule has 0 saturated carbocycles. The monoisotopic (exact) mass is 369 g/mol. The summed E-state index contributed by atoms with van der Waals surface area (Å²) in [7, 11) is 0. The Bertz CT molecular complexity index is 599. The van der Waals surface area contributed by atoms with Gasteiger partial charge >= 0.3 is 12.2 Å². The van der Waals surface area contributed by atoms with Gasteiger partial charge in [-0.1, -0.05) is 0 Å². The molecule has 146 valence electrons. The maximum atomic E-state index is 12.4. The van der Waals surface area contributed by atoms with E-state index in [2.05, 4.69) is 5.32 Å². The van der Waals surface area contributed by atoms with Gasteiger partial charge in [-0.2, -0.15) is 0 Å². The fraction of sp³-hybridized carbons (Fsp3) is 0.647. The Morgan fingerprint density at radius 2 is 1.54 bits per heavy atom. The van der Waals surface area contributed by atoms with E-state index in [4.69, 9.17) is 15.2 Å². The van der Waals surface area contributed by atoms with Crippen LogP contribution in [0, 0.1) is 0 Å². The lowest BCUT2D eigenvalue weighted by Crippen LogP contribution is -2.48. The van der Waals surface area contributed by atoms with Crippen molar-refractivity contribution in [2.45, 2.75) is 65.2 Å². The smallest absolute Gasteiger partial charge is 0.419 e. The summed E-state index contributed by atoms with van der Waals surface area (Å²) in [6, 6.07) is -0.780. The van der Waals surface area contributed by atoms with Crippen LogP contribution in [0.5, 0.6) is 0 Å². The molecular formula is C17H27N3O6. The minimum Gasteiger partial charge on any atom is -0.443 e. The van der Waals surface area contributed by atoms with Gasteiger partial charge in [-0.3, -0.25) is 14.9 Å². The van der Waals surface area contributed by atoms with Crippen LogP contribution < -0.4 is 11.1 Å². The van der Waals surface area contributed by atoms with Crippen LogP contribution in [0.25, 0.3) is 0 Å². The van der Waals surface area contributed by atoms with Gasteiger partial charge in [0, 0.05) is 17.7 Å².